The van der Waals surface area contributed by atoms with E-state index in [1.165, 1.54) is 0 Å². The lowest BCUT2D eigenvalue weighted by molar-refractivity contribution is 0.208. The number of nitrogens with one attached hydrogen (secondary N) is 1. The van der Waals surface area contributed by atoms with Crippen LogP contribution in [0.5, 0.6) is 0 Å². The number of hydrogen-bond donors (Lipinski definition) is 1. The van der Waals surface area contributed by atoms with Gasteiger partial charge in [-0.3, -0.25) is 0 Å². The summed E-state index contributed by atoms with van der Waals surface area (Å²) in [4.78, 5) is 0.402. The molecule has 4 nitrogen and oxygen atoms in total. The maximum atomic E-state index is 12.9. The molecule has 0 aromatic heterocycles. The van der Waals surface area contributed by atoms with Gasteiger partial charge in [0.2, 0.25) is 10.0 Å². The molecule has 0 spiro atoms. The first-order valence-corrected chi connectivity index (χ1v) is 9.31. The van der Waals surface area contributed by atoms with Crippen molar-refractivity contribution in [2.24, 2.45) is 0 Å². The molecule has 2 unspecified atom stereocenters. The Morgan fingerprint density at radius 1 is 1.29 bits per heavy atom. The zero-order valence-electron chi connectivity index (χ0n) is 13.0. The molecule has 5 heteroatoms. The lowest BCUT2D eigenvalue weighted by Crippen LogP contribution is -2.53. The van der Waals surface area contributed by atoms with Crippen LogP contribution in [0.25, 0.3) is 0 Å². The van der Waals surface area contributed by atoms with Crippen molar-refractivity contribution in [2.75, 3.05) is 13.1 Å². The van der Waals surface area contributed by atoms with Crippen LogP contribution in [-0.4, -0.2) is 37.9 Å². The maximum absolute atomic E-state index is 12.9. The zero-order valence-corrected chi connectivity index (χ0v) is 13.8. The predicted octanol–water partition coefficient (Wildman–Crippen LogP) is 2.62. The second-order valence-corrected chi connectivity index (χ2v) is 7.63. The third-order valence-electron chi connectivity index (χ3n) is 4.14. The van der Waals surface area contributed by atoms with Gasteiger partial charge in [-0.15, -0.1) is 0 Å². The highest BCUT2D eigenvalue weighted by molar-refractivity contribution is 7.89. The fourth-order valence-corrected chi connectivity index (χ4v) is 4.75. The van der Waals surface area contributed by atoms with E-state index in [0.717, 1.165) is 32.2 Å². The average Bonchev–Trinajstić information content (AvgIpc) is 2.53. The molecule has 1 aromatic rings. The lowest BCUT2D eigenvalue weighted by Gasteiger charge is -2.38. The average molecular weight is 310 g/mol. The number of nitrogens with zero attached hydrogens (tertiary/aromatic N) is 1. The summed E-state index contributed by atoms with van der Waals surface area (Å²) in [6, 6.07) is 9.02. The monoisotopic (exact) mass is 310 g/mol. The van der Waals surface area contributed by atoms with Crippen LogP contribution in [0, 0.1) is 0 Å². The van der Waals surface area contributed by atoms with E-state index in [2.05, 4.69) is 19.2 Å². The van der Waals surface area contributed by atoms with Crippen molar-refractivity contribution in [3.8, 4) is 0 Å². The molecule has 2 atom stereocenters. The predicted molar refractivity (Wildman–Crippen MR) is 85.7 cm³/mol. The van der Waals surface area contributed by atoms with Gasteiger partial charge in [-0.1, -0.05) is 31.5 Å². The van der Waals surface area contributed by atoms with Crippen LogP contribution >= 0.6 is 0 Å². The molecule has 0 aliphatic carbocycles. The van der Waals surface area contributed by atoms with Gasteiger partial charge in [-0.05, 0) is 44.9 Å². The molecule has 1 heterocycles. The first-order valence-electron chi connectivity index (χ1n) is 7.87. The molecule has 1 fully saturated rings. The summed E-state index contributed by atoms with van der Waals surface area (Å²) in [6.45, 7) is 5.77. The molecule has 0 radical (unpaired) electrons. The summed E-state index contributed by atoms with van der Waals surface area (Å²) in [5, 5.41) is 3.45. The molecular formula is C16H26N2O2S. The Bertz CT molecular complexity index is 530. The minimum absolute atomic E-state index is 0.0514. The van der Waals surface area contributed by atoms with Crippen molar-refractivity contribution in [1.82, 2.24) is 9.62 Å². The number of hydrogen-bond acceptors (Lipinski definition) is 3. The van der Waals surface area contributed by atoms with Gasteiger partial charge in [0.05, 0.1) is 4.90 Å². The van der Waals surface area contributed by atoms with Crippen molar-refractivity contribution < 1.29 is 8.42 Å². The van der Waals surface area contributed by atoms with Crippen molar-refractivity contribution in [1.29, 1.82) is 0 Å². The van der Waals surface area contributed by atoms with Gasteiger partial charge < -0.3 is 5.32 Å². The van der Waals surface area contributed by atoms with Gasteiger partial charge in [-0.25, -0.2) is 8.42 Å². The van der Waals surface area contributed by atoms with E-state index in [4.69, 9.17) is 0 Å². The van der Waals surface area contributed by atoms with Crippen molar-refractivity contribution in [2.45, 2.75) is 56.5 Å². The molecular weight excluding hydrogens is 284 g/mol. The highest BCUT2D eigenvalue weighted by Gasteiger charge is 2.35. The molecule has 1 N–H and O–H groups in total. The van der Waals surface area contributed by atoms with Gasteiger partial charge >= 0.3 is 0 Å². The molecule has 0 amide bonds. The first-order chi connectivity index (χ1) is 10.1. The van der Waals surface area contributed by atoms with Crippen LogP contribution in [0.15, 0.2) is 35.2 Å². The van der Waals surface area contributed by atoms with Crippen molar-refractivity contribution in [3.05, 3.63) is 30.3 Å². The van der Waals surface area contributed by atoms with E-state index in [-0.39, 0.29) is 12.1 Å². The third-order valence-corrected chi connectivity index (χ3v) is 6.08. The summed E-state index contributed by atoms with van der Waals surface area (Å²) in [5.74, 6) is 0. The lowest BCUT2D eigenvalue weighted by atomic mass is 9.99. The summed E-state index contributed by atoms with van der Waals surface area (Å²) >= 11 is 0. The Hall–Kier alpha value is -0.910. The van der Waals surface area contributed by atoms with Crippen molar-refractivity contribution >= 4 is 10.0 Å². The standard InChI is InChI=1S/C16H26N2O2S/c1-3-12-17-14(2)16-11-7-8-13-18(16)21(19,20)15-9-5-4-6-10-15/h4-6,9-10,14,16-17H,3,7-8,11-13H2,1-2H3. The van der Waals surface area contributed by atoms with E-state index in [1.54, 1.807) is 28.6 Å². The summed E-state index contributed by atoms with van der Waals surface area (Å²) in [6.07, 6.45) is 4.04. The van der Waals surface area contributed by atoms with E-state index in [1.807, 2.05) is 6.07 Å². The van der Waals surface area contributed by atoms with Crippen LogP contribution in [0.2, 0.25) is 0 Å². The topological polar surface area (TPSA) is 49.4 Å². The quantitative estimate of drug-likeness (QED) is 0.878. The molecule has 1 aliphatic rings. The Morgan fingerprint density at radius 3 is 2.67 bits per heavy atom. The molecule has 1 aromatic carbocycles. The van der Waals surface area contributed by atoms with Gasteiger partial charge in [0.25, 0.3) is 0 Å². The van der Waals surface area contributed by atoms with Crippen LogP contribution in [-0.2, 0) is 10.0 Å². The summed E-state index contributed by atoms with van der Waals surface area (Å²) in [7, 11) is -3.39. The molecule has 21 heavy (non-hydrogen) atoms. The van der Waals surface area contributed by atoms with Crippen LogP contribution in [0.1, 0.15) is 39.5 Å². The van der Waals surface area contributed by atoms with Crippen molar-refractivity contribution in [3.63, 3.8) is 0 Å². The SMILES string of the molecule is CCCNC(C)C1CCCCN1S(=O)(=O)c1ccccc1. The van der Waals surface area contributed by atoms with E-state index in [0.29, 0.717) is 11.4 Å². The third kappa shape index (κ3) is 3.84. The van der Waals surface area contributed by atoms with Gasteiger partial charge in [0.1, 0.15) is 0 Å². The first kappa shape index (κ1) is 16.5. The molecule has 1 saturated heterocycles. The van der Waals surface area contributed by atoms with Gasteiger partial charge in [0, 0.05) is 18.6 Å². The minimum Gasteiger partial charge on any atom is -0.313 e. The van der Waals surface area contributed by atoms with E-state index < -0.39 is 10.0 Å². The molecule has 118 valence electrons. The van der Waals surface area contributed by atoms with Crippen LogP contribution in [0.3, 0.4) is 0 Å². The van der Waals surface area contributed by atoms with E-state index >= 15 is 0 Å². The van der Waals surface area contributed by atoms with Crippen LogP contribution < -0.4 is 5.32 Å². The largest absolute Gasteiger partial charge is 0.313 e. The Kier molecular flexibility index (Phi) is 5.79. The molecule has 0 saturated carbocycles. The molecule has 0 bridgehead atoms. The number of rotatable bonds is 6. The Morgan fingerprint density at radius 2 is 2.00 bits per heavy atom. The fourth-order valence-electron chi connectivity index (χ4n) is 2.96. The summed E-state index contributed by atoms with van der Waals surface area (Å²) in [5.41, 5.74) is 0. The minimum atomic E-state index is -3.39. The second-order valence-electron chi connectivity index (χ2n) is 5.73. The Labute approximate surface area is 128 Å². The van der Waals surface area contributed by atoms with Gasteiger partial charge in [-0.2, -0.15) is 4.31 Å². The number of piperidine rings is 1. The smallest absolute Gasteiger partial charge is 0.243 e. The maximum Gasteiger partial charge on any atom is 0.243 e. The normalized spacial score (nSPS) is 22.1. The number of sulfonamides is 1. The molecule has 1 aliphatic heterocycles. The second kappa shape index (κ2) is 7.38. The highest BCUT2D eigenvalue weighted by atomic mass is 32.2. The highest BCUT2D eigenvalue weighted by Crippen LogP contribution is 2.27. The van der Waals surface area contributed by atoms with E-state index in [9.17, 15) is 8.42 Å². The van der Waals surface area contributed by atoms with Crippen LogP contribution in [0.4, 0.5) is 0 Å². The Balaban J connectivity index is 2.22. The number of benzene rings is 1. The zero-order chi connectivity index (χ0) is 15.3. The summed E-state index contributed by atoms with van der Waals surface area (Å²) < 4.78 is 27.5. The fraction of sp³-hybridized carbons (Fsp3) is 0.625. The molecule has 2 rings (SSSR count). The van der Waals surface area contributed by atoms with Gasteiger partial charge in [0.15, 0.2) is 0 Å².